The van der Waals surface area contributed by atoms with Crippen LogP contribution < -0.4 is 42.5 Å². The van der Waals surface area contributed by atoms with E-state index in [2.05, 4.69) is 42.5 Å². The number of amides is 8. The predicted molar refractivity (Wildman–Crippen MR) is 241 cm³/mol. The Morgan fingerprint density at radius 1 is 0.403 bits per heavy atom. The number of alkyl carbamates (subject to hydrolysis) is 2. The van der Waals surface area contributed by atoms with E-state index in [0.717, 1.165) is 62.5 Å². The molecule has 0 fully saturated rings. The number of carbonyl (C=O) groups is 6. The Hall–Kier alpha value is -6.32. The lowest BCUT2D eigenvalue weighted by Gasteiger charge is -2.19. The van der Waals surface area contributed by atoms with Crippen LogP contribution in [0.5, 0.6) is 0 Å². The zero-order valence-corrected chi connectivity index (χ0v) is 37.1. The lowest BCUT2D eigenvalue weighted by molar-refractivity contribution is 0.0515. The second kappa shape index (κ2) is 26.1. The molecule has 62 heavy (non-hydrogen) atoms. The Kier molecular flexibility index (Phi) is 21.1. The second-order valence-electron chi connectivity index (χ2n) is 16.8. The van der Waals surface area contributed by atoms with Crippen LogP contribution in [0.25, 0.3) is 0 Å². The van der Waals surface area contributed by atoms with E-state index in [9.17, 15) is 28.8 Å². The molecule has 16 nitrogen and oxygen atoms in total. The Bertz CT molecular complexity index is 1740. The molecule has 0 aliphatic heterocycles. The maximum absolute atomic E-state index is 12.8. The van der Waals surface area contributed by atoms with Gasteiger partial charge in [0.25, 0.3) is 11.8 Å². The van der Waals surface area contributed by atoms with E-state index in [1.54, 1.807) is 48.5 Å². The van der Waals surface area contributed by atoms with Crippen molar-refractivity contribution in [3.63, 3.8) is 0 Å². The Balaban J connectivity index is 1.25. The summed E-state index contributed by atoms with van der Waals surface area (Å²) in [5.41, 5.74) is 2.72. The first-order valence-electron chi connectivity index (χ1n) is 21.3. The quantitative estimate of drug-likeness (QED) is 0.0463. The fraction of sp³-hybridized carbons (Fsp3) is 0.478. The van der Waals surface area contributed by atoms with E-state index in [4.69, 9.17) is 9.47 Å². The molecular formula is C46H66N8O8. The molecule has 0 heterocycles. The molecule has 3 aromatic carbocycles. The summed E-state index contributed by atoms with van der Waals surface area (Å²) in [5.74, 6) is -0.580. The molecule has 0 bridgehead atoms. The molecule has 16 heteroatoms. The predicted octanol–water partition coefficient (Wildman–Crippen LogP) is 7.96. The highest BCUT2D eigenvalue weighted by Gasteiger charge is 2.16. The first kappa shape index (κ1) is 50.0. The van der Waals surface area contributed by atoms with Gasteiger partial charge in [0, 0.05) is 61.8 Å². The Morgan fingerprint density at radius 3 is 1.02 bits per heavy atom. The average Bonchev–Trinajstić information content (AvgIpc) is 3.20. The summed E-state index contributed by atoms with van der Waals surface area (Å²) in [6.07, 6.45) is 6.14. The number of rotatable bonds is 22. The van der Waals surface area contributed by atoms with Crippen LogP contribution in [-0.4, -0.2) is 73.4 Å². The smallest absolute Gasteiger partial charge is 0.407 e. The molecule has 0 saturated heterocycles. The number of benzene rings is 3. The molecular weight excluding hydrogens is 793 g/mol. The van der Waals surface area contributed by atoms with Gasteiger partial charge >= 0.3 is 24.2 Å². The van der Waals surface area contributed by atoms with E-state index in [0.29, 0.717) is 48.7 Å². The van der Waals surface area contributed by atoms with Gasteiger partial charge in [0.05, 0.1) is 0 Å². The lowest BCUT2D eigenvalue weighted by Crippen LogP contribution is -2.33. The van der Waals surface area contributed by atoms with Gasteiger partial charge in [-0.15, -0.1) is 0 Å². The van der Waals surface area contributed by atoms with Gasteiger partial charge in [0.15, 0.2) is 0 Å². The summed E-state index contributed by atoms with van der Waals surface area (Å²) < 4.78 is 10.4. The molecule has 0 saturated carbocycles. The summed E-state index contributed by atoms with van der Waals surface area (Å²) >= 11 is 0. The molecule has 3 aromatic rings. The number of nitrogens with one attached hydrogen (secondary N) is 8. The second-order valence-corrected chi connectivity index (χ2v) is 16.8. The number of ether oxygens (including phenoxy) is 2. The monoisotopic (exact) mass is 859 g/mol. The van der Waals surface area contributed by atoms with Crippen LogP contribution in [0.1, 0.15) is 125 Å². The fourth-order valence-electron chi connectivity index (χ4n) is 5.72. The van der Waals surface area contributed by atoms with Crippen molar-refractivity contribution in [2.75, 3.05) is 36.8 Å². The van der Waals surface area contributed by atoms with Gasteiger partial charge in [0.2, 0.25) is 0 Å². The SMILES string of the molecule is CC(C)(C)OC(=O)NCCCCCCNC(=O)Nc1ccc(CNC(=O)c2ccc(C(=O)NCc3ccc(NC(=O)NCCCCCCNC(=O)OC(C)(C)C)cc3)cc2)cc1. The van der Waals surface area contributed by atoms with Gasteiger partial charge in [-0.3, -0.25) is 9.59 Å². The van der Waals surface area contributed by atoms with E-state index >= 15 is 0 Å². The van der Waals surface area contributed by atoms with Crippen molar-refractivity contribution in [1.82, 2.24) is 31.9 Å². The Labute approximate surface area is 365 Å². The molecule has 8 amide bonds. The standard InChI is InChI=1S/C46H66N8O8/c1-45(2,3)61-43(59)49-29-13-9-7-11-27-47-41(57)53-37-23-15-33(16-24-37)31-51-39(55)35-19-21-36(22-20-35)40(56)52-32-34-17-25-38(26-18-34)54-42(58)48-28-12-8-10-14-30-50-44(60)62-46(4,5)6/h15-26H,7-14,27-32H2,1-6H3,(H,49,59)(H,50,60)(H,51,55)(H,52,56)(H2,47,53,57)(H2,48,54,58). The van der Waals surface area contributed by atoms with Crippen molar-refractivity contribution in [1.29, 1.82) is 0 Å². The topological polar surface area (TPSA) is 217 Å². The first-order chi connectivity index (χ1) is 29.5. The van der Waals surface area contributed by atoms with Crippen LogP contribution in [0.4, 0.5) is 30.6 Å². The third-order valence-corrected chi connectivity index (χ3v) is 8.85. The van der Waals surface area contributed by atoms with Crippen LogP contribution in [0, 0.1) is 0 Å². The number of hydrogen-bond acceptors (Lipinski definition) is 8. The molecule has 338 valence electrons. The molecule has 0 unspecified atom stereocenters. The summed E-state index contributed by atoms with van der Waals surface area (Å²) in [6, 6.07) is 20.1. The minimum Gasteiger partial charge on any atom is -0.444 e. The van der Waals surface area contributed by atoms with Gasteiger partial charge in [-0.25, -0.2) is 19.2 Å². The molecule has 0 aromatic heterocycles. The van der Waals surface area contributed by atoms with Gasteiger partial charge < -0.3 is 52.0 Å². The van der Waals surface area contributed by atoms with Crippen molar-refractivity contribution in [2.24, 2.45) is 0 Å². The number of urea groups is 2. The molecule has 0 radical (unpaired) electrons. The van der Waals surface area contributed by atoms with Crippen LogP contribution in [0.2, 0.25) is 0 Å². The summed E-state index contributed by atoms with van der Waals surface area (Å²) in [4.78, 5) is 73.5. The van der Waals surface area contributed by atoms with Crippen LogP contribution in [-0.2, 0) is 22.6 Å². The van der Waals surface area contributed by atoms with Crippen molar-refractivity contribution in [2.45, 2.75) is 117 Å². The highest BCUT2D eigenvalue weighted by Crippen LogP contribution is 2.13. The zero-order chi connectivity index (χ0) is 45.4. The minimum atomic E-state index is -0.518. The fourth-order valence-corrected chi connectivity index (χ4v) is 5.72. The zero-order valence-electron chi connectivity index (χ0n) is 37.1. The molecule has 0 atom stereocenters. The largest absolute Gasteiger partial charge is 0.444 e. The van der Waals surface area contributed by atoms with Gasteiger partial charge in [-0.1, -0.05) is 49.9 Å². The summed E-state index contributed by atoms with van der Waals surface area (Å²) in [5, 5.41) is 22.5. The van der Waals surface area contributed by atoms with Gasteiger partial charge in [0.1, 0.15) is 11.2 Å². The number of anilines is 2. The van der Waals surface area contributed by atoms with Crippen LogP contribution >= 0.6 is 0 Å². The van der Waals surface area contributed by atoms with E-state index in [1.165, 1.54) is 0 Å². The number of unbranched alkanes of at least 4 members (excludes halogenated alkanes) is 6. The number of carbonyl (C=O) groups excluding carboxylic acids is 6. The summed E-state index contributed by atoms with van der Waals surface area (Å²) in [7, 11) is 0. The number of hydrogen-bond donors (Lipinski definition) is 8. The Morgan fingerprint density at radius 2 is 0.710 bits per heavy atom. The molecule has 3 rings (SSSR count). The molecule has 0 spiro atoms. The molecule has 0 aliphatic carbocycles. The van der Waals surface area contributed by atoms with Crippen molar-refractivity contribution >= 4 is 47.4 Å². The van der Waals surface area contributed by atoms with E-state index in [-0.39, 0.29) is 37.0 Å². The lowest BCUT2D eigenvalue weighted by atomic mass is 10.1. The van der Waals surface area contributed by atoms with Gasteiger partial charge in [-0.2, -0.15) is 0 Å². The van der Waals surface area contributed by atoms with Crippen LogP contribution in [0.3, 0.4) is 0 Å². The van der Waals surface area contributed by atoms with E-state index < -0.39 is 23.4 Å². The average molecular weight is 859 g/mol. The first-order valence-corrected chi connectivity index (χ1v) is 21.3. The highest BCUT2D eigenvalue weighted by atomic mass is 16.6. The van der Waals surface area contributed by atoms with Gasteiger partial charge in [-0.05, 0) is 127 Å². The van der Waals surface area contributed by atoms with Crippen LogP contribution in [0.15, 0.2) is 72.8 Å². The maximum atomic E-state index is 12.8. The third kappa shape index (κ3) is 22.3. The minimum absolute atomic E-state index is 0.277. The maximum Gasteiger partial charge on any atom is 0.407 e. The molecule has 8 N–H and O–H groups in total. The normalized spacial score (nSPS) is 11.1. The van der Waals surface area contributed by atoms with Crippen molar-refractivity contribution in [3.05, 3.63) is 95.1 Å². The summed E-state index contributed by atoms with van der Waals surface area (Å²) in [6.45, 7) is 13.6. The molecule has 0 aliphatic rings. The highest BCUT2D eigenvalue weighted by molar-refractivity contribution is 5.98. The van der Waals surface area contributed by atoms with Crippen molar-refractivity contribution in [3.8, 4) is 0 Å². The third-order valence-electron chi connectivity index (χ3n) is 8.85. The van der Waals surface area contributed by atoms with E-state index in [1.807, 2.05) is 65.8 Å². The van der Waals surface area contributed by atoms with Crippen molar-refractivity contribution < 1.29 is 38.2 Å².